The number of hydrogen-bond donors (Lipinski definition) is 0. The van der Waals surface area contributed by atoms with E-state index in [-0.39, 0.29) is 12.3 Å². The Hall–Kier alpha value is -2.94. The maximum Gasteiger partial charge on any atom is 0.483 e. The van der Waals surface area contributed by atoms with Gasteiger partial charge in [-0.1, -0.05) is 31.2 Å². The fourth-order valence-electron chi connectivity index (χ4n) is 2.70. The number of amides is 1. The van der Waals surface area contributed by atoms with Crippen molar-refractivity contribution < 1.29 is 18.3 Å². The van der Waals surface area contributed by atoms with Gasteiger partial charge in [-0.2, -0.15) is 14.0 Å². The zero-order valence-electron chi connectivity index (χ0n) is 12.9. The van der Waals surface area contributed by atoms with Gasteiger partial charge in [0.2, 0.25) is 0 Å². The molecule has 0 saturated heterocycles. The van der Waals surface area contributed by atoms with Gasteiger partial charge in [0, 0.05) is 0 Å². The van der Waals surface area contributed by atoms with Crippen LogP contribution in [0.25, 0.3) is 0 Å². The standard InChI is InChI=1S/C18H14F2N2O2/c1-2-14-7-4-8-15-16(14)24-18(19,20)17(23)22(15)11-13-6-3-5-12(9-13)10-21/h3-9H,2,11H2,1H3. The summed E-state index contributed by atoms with van der Waals surface area (Å²) in [6.45, 7) is 1.77. The molecule has 0 fully saturated rings. The van der Waals surface area contributed by atoms with Crippen LogP contribution >= 0.6 is 0 Å². The summed E-state index contributed by atoms with van der Waals surface area (Å²) in [5.41, 5.74) is 1.92. The minimum Gasteiger partial charge on any atom is -0.423 e. The van der Waals surface area contributed by atoms with Crippen LogP contribution in [0.4, 0.5) is 14.5 Å². The molecule has 1 aliphatic heterocycles. The van der Waals surface area contributed by atoms with E-state index in [2.05, 4.69) is 4.74 Å². The molecule has 0 N–H and O–H groups in total. The number of carbonyl (C=O) groups excluding carboxylic acids is 1. The summed E-state index contributed by atoms with van der Waals surface area (Å²) in [7, 11) is 0. The number of aryl methyl sites for hydroxylation is 1. The minimum absolute atomic E-state index is 0.0287. The second kappa shape index (κ2) is 5.93. The van der Waals surface area contributed by atoms with Gasteiger partial charge in [0.05, 0.1) is 23.9 Å². The summed E-state index contributed by atoms with van der Waals surface area (Å²) in [5.74, 6) is -1.38. The van der Waals surface area contributed by atoms with Gasteiger partial charge in [0.15, 0.2) is 5.75 Å². The Morgan fingerprint density at radius 2 is 2.00 bits per heavy atom. The number of anilines is 1. The summed E-state index contributed by atoms with van der Waals surface area (Å²) in [4.78, 5) is 13.2. The van der Waals surface area contributed by atoms with Crippen LogP contribution in [0.15, 0.2) is 42.5 Å². The number of halogens is 2. The average molecular weight is 328 g/mol. The van der Waals surface area contributed by atoms with Gasteiger partial charge in [-0.05, 0) is 35.7 Å². The number of alkyl halides is 2. The Labute approximate surface area is 137 Å². The zero-order chi connectivity index (χ0) is 17.3. The van der Waals surface area contributed by atoms with Gasteiger partial charge in [-0.15, -0.1) is 0 Å². The van der Waals surface area contributed by atoms with Gasteiger partial charge in [0.1, 0.15) is 0 Å². The number of benzene rings is 2. The molecule has 1 amide bonds. The van der Waals surface area contributed by atoms with Crippen LogP contribution in [-0.2, 0) is 17.8 Å². The number of para-hydroxylation sites is 1. The summed E-state index contributed by atoms with van der Waals surface area (Å²) in [5, 5.41) is 8.96. The van der Waals surface area contributed by atoms with E-state index in [4.69, 9.17) is 5.26 Å². The third-order valence-corrected chi connectivity index (χ3v) is 3.87. The second-order valence-corrected chi connectivity index (χ2v) is 5.44. The van der Waals surface area contributed by atoms with Crippen LogP contribution < -0.4 is 9.64 Å². The molecule has 0 unspecified atom stereocenters. The predicted molar refractivity (Wildman–Crippen MR) is 83.7 cm³/mol. The van der Waals surface area contributed by atoms with Crippen molar-refractivity contribution >= 4 is 11.6 Å². The Bertz CT molecular complexity index is 843. The molecule has 0 spiro atoms. The van der Waals surface area contributed by atoms with Crippen LogP contribution in [-0.4, -0.2) is 12.0 Å². The van der Waals surface area contributed by atoms with Crippen molar-refractivity contribution in [2.45, 2.75) is 26.0 Å². The molecule has 1 aliphatic rings. The highest BCUT2D eigenvalue weighted by Gasteiger charge is 2.50. The van der Waals surface area contributed by atoms with Crippen molar-refractivity contribution in [3.05, 3.63) is 59.2 Å². The number of nitriles is 1. The molecule has 0 atom stereocenters. The number of fused-ring (bicyclic) bond motifs is 1. The molecule has 0 bridgehead atoms. The third-order valence-electron chi connectivity index (χ3n) is 3.87. The predicted octanol–water partition coefficient (Wildman–Crippen LogP) is 3.64. The SMILES string of the molecule is CCc1cccc2c1OC(F)(F)C(=O)N2Cc1cccc(C#N)c1. The van der Waals surface area contributed by atoms with E-state index in [9.17, 15) is 13.6 Å². The zero-order valence-corrected chi connectivity index (χ0v) is 12.9. The lowest BCUT2D eigenvalue weighted by molar-refractivity contribution is -0.193. The summed E-state index contributed by atoms with van der Waals surface area (Å²) in [6, 6.07) is 13.5. The molecule has 3 rings (SSSR count). The Kier molecular flexibility index (Phi) is 3.94. The first-order chi connectivity index (χ1) is 11.5. The molecular formula is C18H14F2N2O2. The van der Waals surface area contributed by atoms with E-state index in [1.165, 1.54) is 0 Å². The largest absolute Gasteiger partial charge is 0.483 e. The van der Waals surface area contributed by atoms with E-state index < -0.39 is 12.0 Å². The molecule has 4 nitrogen and oxygen atoms in total. The van der Waals surface area contributed by atoms with E-state index in [1.54, 1.807) is 42.5 Å². The summed E-state index contributed by atoms with van der Waals surface area (Å²) < 4.78 is 32.7. The van der Waals surface area contributed by atoms with Gasteiger partial charge in [0.25, 0.3) is 0 Å². The molecule has 1 heterocycles. The first-order valence-corrected chi connectivity index (χ1v) is 7.46. The number of ether oxygens (including phenoxy) is 1. The second-order valence-electron chi connectivity index (χ2n) is 5.44. The lowest BCUT2D eigenvalue weighted by atomic mass is 10.1. The van der Waals surface area contributed by atoms with Crippen molar-refractivity contribution in [1.29, 1.82) is 5.26 Å². The number of nitrogens with zero attached hydrogens (tertiary/aromatic N) is 2. The quantitative estimate of drug-likeness (QED) is 0.864. The Morgan fingerprint density at radius 3 is 2.71 bits per heavy atom. The Morgan fingerprint density at radius 1 is 1.25 bits per heavy atom. The first kappa shape index (κ1) is 15.9. The molecule has 6 heteroatoms. The molecule has 0 aliphatic carbocycles. The highest BCUT2D eigenvalue weighted by molar-refractivity contribution is 6.01. The van der Waals surface area contributed by atoms with E-state index in [0.29, 0.717) is 28.8 Å². The van der Waals surface area contributed by atoms with Crippen molar-refractivity contribution in [1.82, 2.24) is 0 Å². The van der Waals surface area contributed by atoms with Crippen LogP contribution in [0.2, 0.25) is 0 Å². The smallest absolute Gasteiger partial charge is 0.423 e. The molecule has 2 aromatic rings. The van der Waals surface area contributed by atoms with Crippen molar-refractivity contribution in [3.8, 4) is 11.8 Å². The fraction of sp³-hybridized carbons (Fsp3) is 0.222. The first-order valence-electron chi connectivity index (χ1n) is 7.46. The number of rotatable bonds is 3. The van der Waals surface area contributed by atoms with Crippen LogP contribution in [0.3, 0.4) is 0 Å². The maximum absolute atomic E-state index is 14.0. The van der Waals surface area contributed by atoms with Crippen LogP contribution in [0.1, 0.15) is 23.6 Å². The molecule has 2 aromatic carbocycles. The molecule has 122 valence electrons. The van der Waals surface area contributed by atoms with Gasteiger partial charge in [-0.25, -0.2) is 0 Å². The minimum atomic E-state index is -3.91. The fourth-order valence-corrected chi connectivity index (χ4v) is 2.70. The monoisotopic (exact) mass is 328 g/mol. The van der Waals surface area contributed by atoms with Crippen molar-refractivity contribution in [3.63, 3.8) is 0 Å². The highest BCUT2D eigenvalue weighted by Crippen LogP contribution is 2.42. The molecule has 0 saturated carbocycles. The number of carbonyl (C=O) groups is 1. The van der Waals surface area contributed by atoms with Crippen molar-refractivity contribution in [2.24, 2.45) is 0 Å². The lowest BCUT2D eigenvalue weighted by Crippen LogP contribution is -2.50. The molecule has 0 aromatic heterocycles. The third kappa shape index (κ3) is 2.69. The highest BCUT2D eigenvalue weighted by atomic mass is 19.3. The van der Waals surface area contributed by atoms with Gasteiger partial charge >= 0.3 is 12.0 Å². The Balaban J connectivity index is 2.06. The summed E-state index contributed by atoms with van der Waals surface area (Å²) >= 11 is 0. The molecule has 24 heavy (non-hydrogen) atoms. The van der Waals surface area contributed by atoms with Crippen LogP contribution in [0.5, 0.6) is 5.75 Å². The average Bonchev–Trinajstić information content (AvgIpc) is 2.58. The summed E-state index contributed by atoms with van der Waals surface area (Å²) in [6.07, 6.45) is -3.41. The van der Waals surface area contributed by atoms with Crippen LogP contribution in [0, 0.1) is 11.3 Å². The van der Waals surface area contributed by atoms with E-state index >= 15 is 0 Å². The molecular weight excluding hydrogens is 314 g/mol. The van der Waals surface area contributed by atoms with Gasteiger partial charge in [-0.3, -0.25) is 9.69 Å². The van der Waals surface area contributed by atoms with E-state index in [1.807, 2.05) is 13.0 Å². The number of hydrogen-bond acceptors (Lipinski definition) is 3. The maximum atomic E-state index is 14.0. The van der Waals surface area contributed by atoms with E-state index in [0.717, 1.165) is 4.90 Å². The molecule has 0 radical (unpaired) electrons. The normalized spacial score (nSPS) is 15.4. The topological polar surface area (TPSA) is 53.3 Å². The lowest BCUT2D eigenvalue weighted by Gasteiger charge is -2.34. The van der Waals surface area contributed by atoms with Crippen molar-refractivity contribution in [2.75, 3.05) is 4.90 Å². The van der Waals surface area contributed by atoms with Gasteiger partial charge < -0.3 is 4.74 Å².